The highest BCUT2D eigenvalue weighted by Gasteiger charge is 2.11. The van der Waals surface area contributed by atoms with E-state index < -0.39 is 0 Å². The lowest BCUT2D eigenvalue weighted by Gasteiger charge is -2.10. The number of aromatic nitrogens is 1. The van der Waals surface area contributed by atoms with Gasteiger partial charge in [-0.1, -0.05) is 17.7 Å². The second-order valence-electron chi connectivity index (χ2n) is 6.02. The van der Waals surface area contributed by atoms with E-state index in [4.69, 9.17) is 21.1 Å². The van der Waals surface area contributed by atoms with E-state index in [2.05, 4.69) is 15.6 Å². The molecule has 3 rings (SSSR count). The van der Waals surface area contributed by atoms with Crippen molar-refractivity contribution in [1.82, 2.24) is 4.98 Å². The third-order valence-corrected chi connectivity index (χ3v) is 5.21. The first-order chi connectivity index (χ1) is 13.5. The number of methoxy groups -OCH3 is 2. The maximum Gasteiger partial charge on any atom is 0.230 e. The molecule has 0 aliphatic carbocycles. The number of aryl methyl sites for hydroxylation is 1. The highest BCUT2D eigenvalue weighted by molar-refractivity contribution is 7.13. The highest BCUT2D eigenvalue weighted by Crippen LogP contribution is 2.32. The van der Waals surface area contributed by atoms with Crippen molar-refractivity contribution in [3.8, 4) is 11.5 Å². The van der Waals surface area contributed by atoms with Gasteiger partial charge in [0, 0.05) is 22.2 Å². The Kier molecular flexibility index (Phi) is 6.38. The Morgan fingerprint density at radius 3 is 2.71 bits per heavy atom. The van der Waals surface area contributed by atoms with Crippen LogP contribution < -0.4 is 20.1 Å². The van der Waals surface area contributed by atoms with Crippen molar-refractivity contribution in [1.29, 1.82) is 0 Å². The number of nitrogens with one attached hydrogen (secondary N) is 2. The van der Waals surface area contributed by atoms with E-state index in [1.807, 2.05) is 42.6 Å². The van der Waals surface area contributed by atoms with Crippen molar-refractivity contribution < 1.29 is 14.3 Å². The first-order valence-electron chi connectivity index (χ1n) is 8.48. The fourth-order valence-corrected chi connectivity index (χ4v) is 3.42. The van der Waals surface area contributed by atoms with Crippen LogP contribution in [0.2, 0.25) is 5.02 Å². The molecule has 0 bridgehead atoms. The molecule has 1 aromatic heterocycles. The molecule has 0 spiro atoms. The molecular formula is C20H20ClN3O3S. The minimum atomic E-state index is -0.157. The van der Waals surface area contributed by atoms with Crippen LogP contribution in [0.4, 0.5) is 16.5 Å². The fourth-order valence-electron chi connectivity index (χ4n) is 2.51. The Balaban J connectivity index is 1.65. The van der Waals surface area contributed by atoms with Crippen molar-refractivity contribution >= 4 is 45.4 Å². The molecule has 0 radical (unpaired) electrons. The van der Waals surface area contributed by atoms with E-state index in [0.29, 0.717) is 33.0 Å². The number of amides is 1. The molecule has 0 unspecified atom stereocenters. The predicted molar refractivity (Wildman–Crippen MR) is 113 cm³/mol. The number of anilines is 3. The maximum absolute atomic E-state index is 12.3. The zero-order valence-electron chi connectivity index (χ0n) is 15.7. The summed E-state index contributed by atoms with van der Waals surface area (Å²) in [6, 6.07) is 10.9. The zero-order valence-corrected chi connectivity index (χ0v) is 17.3. The first kappa shape index (κ1) is 20.0. The van der Waals surface area contributed by atoms with E-state index in [9.17, 15) is 4.79 Å². The monoisotopic (exact) mass is 417 g/mol. The SMILES string of the molecule is COc1ccc(OC)c(Nc2nc(CC(=O)Nc3ccc(C)c(Cl)c3)cs2)c1. The van der Waals surface area contributed by atoms with E-state index in [1.54, 1.807) is 20.3 Å². The van der Waals surface area contributed by atoms with Crippen molar-refractivity contribution in [2.75, 3.05) is 24.9 Å². The van der Waals surface area contributed by atoms with Crippen LogP contribution in [0.5, 0.6) is 11.5 Å². The zero-order chi connectivity index (χ0) is 20.1. The summed E-state index contributed by atoms with van der Waals surface area (Å²) in [4.78, 5) is 16.8. The number of ether oxygens (including phenoxy) is 2. The number of thiazole rings is 1. The Hall–Kier alpha value is -2.77. The second-order valence-corrected chi connectivity index (χ2v) is 7.29. The molecule has 0 saturated heterocycles. The van der Waals surface area contributed by atoms with Crippen LogP contribution in [-0.4, -0.2) is 25.1 Å². The molecule has 0 atom stereocenters. The van der Waals surface area contributed by atoms with Gasteiger partial charge in [-0.15, -0.1) is 11.3 Å². The molecule has 0 aliphatic rings. The maximum atomic E-state index is 12.3. The number of carbonyl (C=O) groups excluding carboxylic acids is 1. The van der Waals surface area contributed by atoms with E-state index in [-0.39, 0.29) is 12.3 Å². The van der Waals surface area contributed by atoms with Crippen LogP contribution in [0.3, 0.4) is 0 Å². The topological polar surface area (TPSA) is 72.5 Å². The normalized spacial score (nSPS) is 10.4. The predicted octanol–water partition coefficient (Wildman–Crippen LogP) is 5.05. The number of halogens is 1. The van der Waals surface area contributed by atoms with Crippen LogP contribution >= 0.6 is 22.9 Å². The number of hydrogen-bond donors (Lipinski definition) is 2. The largest absolute Gasteiger partial charge is 0.497 e. The molecule has 0 saturated carbocycles. The summed E-state index contributed by atoms with van der Waals surface area (Å²) in [5.74, 6) is 1.22. The molecule has 2 aromatic carbocycles. The summed E-state index contributed by atoms with van der Waals surface area (Å²) in [5, 5.41) is 9.16. The summed E-state index contributed by atoms with van der Waals surface area (Å²) in [5.41, 5.74) is 3.03. The van der Waals surface area contributed by atoms with Crippen LogP contribution in [-0.2, 0) is 11.2 Å². The van der Waals surface area contributed by atoms with Gasteiger partial charge in [-0.2, -0.15) is 0 Å². The number of nitrogens with zero attached hydrogens (tertiary/aromatic N) is 1. The number of benzene rings is 2. The average molecular weight is 418 g/mol. The molecule has 0 aliphatic heterocycles. The number of hydrogen-bond acceptors (Lipinski definition) is 6. The average Bonchev–Trinajstić information content (AvgIpc) is 3.11. The minimum absolute atomic E-state index is 0.157. The van der Waals surface area contributed by atoms with Gasteiger partial charge in [0.25, 0.3) is 0 Å². The van der Waals surface area contributed by atoms with Crippen LogP contribution in [0.1, 0.15) is 11.3 Å². The molecule has 2 N–H and O–H groups in total. The summed E-state index contributed by atoms with van der Waals surface area (Å²) in [6.07, 6.45) is 0.166. The lowest BCUT2D eigenvalue weighted by molar-refractivity contribution is -0.115. The third-order valence-electron chi connectivity index (χ3n) is 4.00. The molecular weight excluding hydrogens is 398 g/mol. The van der Waals surface area contributed by atoms with E-state index >= 15 is 0 Å². The van der Waals surface area contributed by atoms with Gasteiger partial charge in [-0.25, -0.2) is 4.98 Å². The van der Waals surface area contributed by atoms with Crippen molar-refractivity contribution in [2.24, 2.45) is 0 Å². The van der Waals surface area contributed by atoms with Gasteiger partial charge in [0.1, 0.15) is 11.5 Å². The van der Waals surface area contributed by atoms with Crippen molar-refractivity contribution in [3.63, 3.8) is 0 Å². The van der Waals surface area contributed by atoms with Gasteiger partial charge >= 0.3 is 0 Å². The third kappa shape index (κ3) is 4.94. The van der Waals surface area contributed by atoms with Gasteiger partial charge in [-0.3, -0.25) is 4.79 Å². The molecule has 0 fully saturated rings. The van der Waals surface area contributed by atoms with Gasteiger partial charge in [0.05, 0.1) is 32.0 Å². The molecule has 28 heavy (non-hydrogen) atoms. The second kappa shape index (κ2) is 8.95. The highest BCUT2D eigenvalue weighted by atomic mass is 35.5. The van der Waals surface area contributed by atoms with Gasteiger partial charge in [0.15, 0.2) is 5.13 Å². The summed E-state index contributed by atoms with van der Waals surface area (Å²) < 4.78 is 10.6. The summed E-state index contributed by atoms with van der Waals surface area (Å²) in [7, 11) is 3.20. The van der Waals surface area contributed by atoms with Crippen molar-refractivity contribution in [3.05, 3.63) is 58.1 Å². The first-order valence-corrected chi connectivity index (χ1v) is 9.73. The lowest BCUT2D eigenvalue weighted by Crippen LogP contribution is -2.14. The number of carbonyl (C=O) groups is 1. The molecule has 1 amide bonds. The minimum Gasteiger partial charge on any atom is -0.497 e. The molecule has 6 nitrogen and oxygen atoms in total. The summed E-state index contributed by atoms with van der Waals surface area (Å²) >= 11 is 7.50. The Bertz CT molecular complexity index is 991. The van der Waals surface area contributed by atoms with E-state index in [0.717, 1.165) is 11.3 Å². The van der Waals surface area contributed by atoms with Crippen LogP contribution in [0.25, 0.3) is 0 Å². The van der Waals surface area contributed by atoms with E-state index in [1.165, 1.54) is 11.3 Å². The van der Waals surface area contributed by atoms with Gasteiger partial charge in [0.2, 0.25) is 5.91 Å². The Labute approximate surface area is 172 Å². The number of rotatable bonds is 7. The Morgan fingerprint density at radius 2 is 2.00 bits per heavy atom. The molecule has 8 heteroatoms. The molecule has 1 heterocycles. The summed E-state index contributed by atoms with van der Waals surface area (Å²) in [6.45, 7) is 1.91. The lowest BCUT2D eigenvalue weighted by atomic mass is 10.2. The molecule has 3 aromatic rings. The van der Waals surface area contributed by atoms with Crippen LogP contribution in [0, 0.1) is 6.92 Å². The smallest absolute Gasteiger partial charge is 0.230 e. The van der Waals surface area contributed by atoms with Gasteiger partial charge < -0.3 is 20.1 Å². The van der Waals surface area contributed by atoms with Crippen molar-refractivity contribution in [2.45, 2.75) is 13.3 Å². The molecule has 146 valence electrons. The van der Waals surface area contributed by atoms with Crippen LogP contribution in [0.15, 0.2) is 41.8 Å². The standard InChI is InChI=1S/C20H20ClN3O3S/c1-12-4-5-13(8-16(12)21)22-19(25)9-14-11-28-20(23-14)24-17-10-15(26-2)6-7-18(17)27-3/h4-8,10-11H,9H2,1-3H3,(H,22,25)(H,23,24). The fraction of sp³-hybridized carbons (Fsp3) is 0.200. The van der Waals surface area contributed by atoms with Gasteiger partial charge in [-0.05, 0) is 36.8 Å². The quantitative estimate of drug-likeness (QED) is 0.563. The Morgan fingerprint density at radius 1 is 1.18 bits per heavy atom.